The van der Waals surface area contributed by atoms with Crippen molar-refractivity contribution in [1.82, 2.24) is 9.82 Å². The van der Waals surface area contributed by atoms with E-state index in [1.807, 2.05) is 12.3 Å². The number of rotatable bonds is 3. The fraction of sp³-hybridized carbons (Fsp3) is 0.200. The monoisotopic (exact) mass is 272 g/mol. The molecule has 2 aromatic rings. The fourth-order valence-electron chi connectivity index (χ4n) is 1.55. The Balaban J connectivity index is 2.37. The molecule has 2 nitrogen and oxygen atoms in total. The van der Waals surface area contributed by atoms with E-state index in [1.54, 1.807) is 0 Å². The zero-order valence-corrected chi connectivity index (χ0v) is 9.82. The molecular formula is C10H10BrClN2. The number of nitrogens with one attached hydrogen (secondary N) is 2. The van der Waals surface area contributed by atoms with E-state index < -0.39 is 0 Å². The molecule has 1 aromatic carbocycles. The molecule has 0 saturated heterocycles. The summed E-state index contributed by atoms with van der Waals surface area (Å²) in [5, 5.41) is 1.26. The lowest BCUT2D eigenvalue weighted by atomic mass is 10.1. The maximum atomic E-state index is 5.43. The van der Waals surface area contributed by atoms with Gasteiger partial charge in [-0.05, 0) is 35.9 Å². The number of H-pyrrole nitrogens is 1. The first-order chi connectivity index (χ1) is 6.81. The minimum absolute atomic E-state index is 0.782. The minimum Gasteiger partial charge on any atom is -0.361 e. The summed E-state index contributed by atoms with van der Waals surface area (Å²) in [4.78, 5) is 5.87. The summed E-state index contributed by atoms with van der Waals surface area (Å²) in [6, 6.07) is 6.24. The Morgan fingerprint density at radius 1 is 1.43 bits per heavy atom. The first-order valence-corrected chi connectivity index (χ1v) is 5.57. The molecule has 0 aliphatic rings. The van der Waals surface area contributed by atoms with E-state index in [-0.39, 0.29) is 0 Å². The van der Waals surface area contributed by atoms with Crippen LogP contribution in [0.1, 0.15) is 5.56 Å². The minimum atomic E-state index is 0.782. The van der Waals surface area contributed by atoms with Crippen LogP contribution in [0.5, 0.6) is 0 Å². The Bertz CT molecular complexity index is 439. The lowest BCUT2D eigenvalue weighted by Gasteiger charge is -1.97. The fourth-order valence-corrected chi connectivity index (χ4v) is 2.00. The summed E-state index contributed by atoms with van der Waals surface area (Å²) in [6.45, 7) is 0.782. The zero-order chi connectivity index (χ0) is 9.97. The van der Waals surface area contributed by atoms with Gasteiger partial charge in [0.15, 0.2) is 0 Å². The van der Waals surface area contributed by atoms with Crippen LogP contribution in [0, 0.1) is 0 Å². The molecule has 0 fully saturated rings. The predicted molar refractivity (Wildman–Crippen MR) is 63.6 cm³/mol. The number of aromatic nitrogens is 1. The standard InChI is InChI=1S/C10H10BrClN2/c11-8-1-2-9-7(3-4-14-12)6-13-10(9)5-8/h1-2,5-6,13-14H,3-4H2. The van der Waals surface area contributed by atoms with Gasteiger partial charge in [0.1, 0.15) is 0 Å². The number of aromatic amines is 1. The van der Waals surface area contributed by atoms with Gasteiger partial charge in [-0.25, -0.2) is 4.84 Å². The van der Waals surface area contributed by atoms with Gasteiger partial charge in [-0.2, -0.15) is 0 Å². The summed E-state index contributed by atoms with van der Waals surface area (Å²) >= 11 is 8.87. The van der Waals surface area contributed by atoms with Gasteiger partial charge in [-0.15, -0.1) is 0 Å². The second-order valence-electron chi connectivity index (χ2n) is 3.14. The van der Waals surface area contributed by atoms with E-state index in [0.29, 0.717) is 0 Å². The van der Waals surface area contributed by atoms with Crippen LogP contribution in [0.15, 0.2) is 28.9 Å². The van der Waals surface area contributed by atoms with Gasteiger partial charge in [0.05, 0.1) is 0 Å². The number of halogens is 2. The molecule has 0 radical (unpaired) electrons. The molecule has 0 aliphatic heterocycles. The molecule has 0 aliphatic carbocycles. The number of hydrogen-bond donors (Lipinski definition) is 2. The number of hydrogen-bond acceptors (Lipinski definition) is 1. The van der Waals surface area contributed by atoms with Crippen LogP contribution in [-0.4, -0.2) is 11.5 Å². The van der Waals surface area contributed by atoms with Gasteiger partial charge in [-0.3, -0.25) is 0 Å². The van der Waals surface area contributed by atoms with Crippen molar-refractivity contribution >= 4 is 38.6 Å². The van der Waals surface area contributed by atoms with Crippen LogP contribution in [0.25, 0.3) is 10.9 Å². The molecule has 2 rings (SSSR count). The lowest BCUT2D eigenvalue weighted by Crippen LogP contribution is -2.03. The van der Waals surface area contributed by atoms with E-state index in [4.69, 9.17) is 11.8 Å². The van der Waals surface area contributed by atoms with Crippen LogP contribution < -0.4 is 4.84 Å². The smallest absolute Gasteiger partial charge is 0.0468 e. The van der Waals surface area contributed by atoms with E-state index in [1.165, 1.54) is 10.9 Å². The molecule has 74 valence electrons. The van der Waals surface area contributed by atoms with Crippen LogP contribution in [-0.2, 0) is 6.42 Å². The lowest BCUT2D eigenvalue weighted by molar-refractivity contribution is 0.904. The van der Waals surface area contributed by atoms with Gasteiger partial charge >= 0.3 is 0 Å². The summed E-state index contributed by atoms with van der Waals surface area (Å²) in [5.41, 5.74) is 2.45. The maximum absolute atomic E-state index is 5.43. The van der Waals surface area contributed by atoms with Gasteiger partial charge in [-0.1, -0.05) is 22.0 Å². The van der Waals surface area contributed by atoms with E-state index in [0.717, 1.165) is 23.0 Å². The molecule has 4 heteroatoms. The Hall–Kier alpha value is -0.510. The van der Waals surface area contributed by atoms with Crippen molar-refractivity contribution in [2.45, 2.75) is 6.42 Å². The Labute approximate surface area is 95.9 Å². The van der Waals surface area contributed by atoms with Crippen LogP contribution >= 0.6 is 27.7 Å². The van der Waals surface area contributed by atoms with E-state index in [9.17, 15) is 0 Å². The highest BCUT2D eigenvalue weighted by molar-refractivity contribution is 9.10. The second kappa shape index (κ2) is 4.34. The Morgan fingerprint density at radius 2 is 2.29 bits per heavy atom. The first kappa shape index (κ1) is 10.0. The molecule has 2 N–H and O–H groups in total. The van der Waals surface area contributed by atoms with Gasteiger partial charge in [0.25, 0.3) is 0 Å². The number of benzene rings is 1. The molecule has 14 heavy (non-hydrogen) atoms. The highest BCUT2D eigenvalue weighted by Crippen LogP contribution is 2.22. The average Bonchev–Trinajstić information content (AvgIpc) is 2.57. The van der Waals surface area contributed by atoms with Crippen molar-refractivity contribution in [2.24, 2.45) is 0 Å². The van der Waals surface area contributed by atoms with Crippen LogP contribution in [0.4, 0.5) is 0 Å². The topological polar surface area (TPSA) is 27.8 Å². The third-order valence-corrected chi connectivity index (χ3v) is 2.90. The van der Waals surface area contributed by atoms with Crippen molar-refractivity contribution < 1.29 is 0 Å². The molecule has 0 saturated carbocycles. The maximum Gasteiger partial charge on any atom is 0.0468 e. The summed E-state index contributed by atoms with van der Waals surface area (Å²) in [6.07, 6.45) is 2.97. The highest BCUT2D eigenvalue weighted by Gasteiger charge is 2.02. The SMILES string of the molecule is ClNCCc1c[nH]c2cc(Br)ccc12. The molecule has 1 aromatic heterocycles. The quantitative estimate of drug-likeness (QED) is 0.826. The zero-order valence-electron chi connectivity index (χ0n) is 7.48. The van der Waals surface area contributed by atoms with Crippen molar-refractivity contribution in [2.75, 3.05) is 6.54 Å². The molecule has 0 amide bonds. The molecule has 0 spiro atoms. The third kappa shape index (κ3) is 1.95. The third-order valence-electron chi connectivity index (χ3n) is 2.22. The van der Waals surface area contributed by atoms with Gasteiger partial charge in [0, 0.05) is 28.1 Å². The van der Waals surface area contributed by atoms with Gasteiger partial charge in [0.2, 0.25) is 0 Å². The second-order valence-corrected chi connectivity index (χ2v) is 4.32. The normalized spacial score (nSPS) is 11.0. The highest BCUT2D eigenvalue weighted by atomic mass is 79.9. The molecule has 0 atom stereocenters. The predicted octanol–water partition coefficient (Wildman–Crippen LogP) is 3.22. The van der Waals surface area contributed by atoms with Gasteiger partial charge < -0.3 is 4.98 Å². The van der Waals surface area contributed by atoms with E-state index >= 15 is 0 Å². The van der Waals surface area contributed by atoms with Crippen molar-refractivity contribution in [3.8, 4) is 0 Å². The van der Waals surface area contributed by atoms with Crippen molar-refractivity contribution in [3.63, 3.8) is 0 Å². The van der Waals surface area contributed by atoms with Crippen molar-refractivity contribution in [1.29, 1.82) is 0 Å². The van der Waals surface area contributed by atoms with E-state index in [2.05, 4.69) is 37.9 Å². The summed E-state index contributed by atoms with van der Waals surface area (Å²) < 4.78 is 1.09. The summed E-state index contributed by atoms with van der Waals surface area (Å²) in [7, 11) is 0. The molecular weight excluding hydrogens is 263 g/mol. The molecule has 1 heterocycles. The Kier molecular flexibility index (Phi) is 3.11. The van der Waals surface area contributed by atoms with Crippen molar-refractivity contribution in [3.05, 3.63) is 34.4 Å². The summed E-state index contributed by atoms with van der Waals surface area (Å²) in [5.74, 6) is 0. The Morgan fingerprint density at radius 3 is 3.07 bits per heavy atom. The largest absolute Gasteiger partial charge is 0.361 e. The first-order valence-electron chi connectivity index (χ1n) is 4.40. The molecule has 0 bridgehead atoms. The van der Waals surface area contributed by atoms with Crippen LogP contribution in [0.2, 0.25) is 0 Å². The van der Waals surface area contributed by atoms with Crippen LogP contribution in [0.3, 0.4) is 0 Å². The molecule has 0 unspecified atom stereocenters. The number of fused-ring (bicyclic) bond motifs is 1. The average molecular weight is 274 g/mol.